The molecule has 0 bridgehead atoms. The van der Waals surface area contributed by atoms with E-state index in [4.69, 9.17) is 4.74 Å². The Labute approximate surface area is 119 Å². The van der Waals surface area contributed by atoms with Crippen LogP contribution in [0, 0.1) is 17.8 Å². The third-order valence-electron chi connectivity index (χ3n) is 4.89. The zero-order chi connectivity index (χ0) is 13.5. The largest absolute Gasteiger partial charge is 0.381 e. The van der Waals surface area contributed by atoms with Crippen molar-refractivity contribution >= 4 is 0 Å². The standard InChI is InChI=1S/C17H33NO/c1-14(2)13-19-11-5-10-18-17-9-8-15-6-3-4-7-16(15)12-17/h14-18H,3-13H2,1-2H3. The van der Waals surface area contributed by atoms with E-state index >= 15 is 0 Å². The lowest BCUT2D eigenvalue weighted by atomic mass is 9.69. The van der Waals surface area contributed by atoms with Gasteiger partial charge in [-0.1, -0.05) is 39.5 Å². The van der Waals surface area contributed by atoms with Gasteiger partial charge in [0.1, 0.15) is 0 Å². The topological polar surface area (TPSA) is 21.3 Å². The number of nitrogens with one attached hydrogen (secondary N) is 1. The van der Waals surface area contributed by atoms with Crippen LogP contribution in [0.3, 0.4) is 0 Å². The number of rotatable bonds is 7. The summed E-state index contributed by atoms with van der Waals surface area (Å²) < 4.78 is 5.63. The highest BCUT2D eigenvalue weighted by Gasteiger charge is 2.31. The van der Waals surface area contributed by atoms with Crippen molar-refractivity contribution in [2.45, 2.75) is 71.3 Å². The van der Waals surface area contributed by atoms with Crippen molar-refractivity contribution in [3.63, 3.8) is 0 Å². The number of hydrogen-bond acceptors (Lipinski definition) is 2. The van der Waals surface area contributed by atoms with Gasteiger partial charge in [-0.2, -0.15) is 0 Å². The molecular weight excluding hydrogens is 234 g/mol. The Hall–Kier alpha value is -0.0800. The van der Waals surface area contributed by atoms with Gasteiger partial charge >= 0.3 is 0 Å². The van der Waals surface area contributed by atoms with Gasteiger partial charge < -0.3 is 10.1 Å². The number of hydrogen-bond donors (Lipinski definition) is 1. The molecule has 2 saturated carbocycles. The minimum absolute atomic E-state index is 0.662. The van der Waals surface area contributed by atoms with E-state index in [1.54, 1.807) is 0 Å². The Balaban J connectivity index is 1.52. The quantitative estimate of drug-likeness (QED) is 0.704. The molecule has 2 rings (SSSR count). The van der Waals surface area contributed by atoms with Gasteiger partial charge in [0.25, 0.3) is 0 Å². The highest BCUT2D eigenvalue weighted by molar-refractivity contribution is 4.86. The summed E-state index contributed by atoms with van der Waals surface area (Å²) in [6.07, 6.45) is 11.5. The molecule has 2 aliphatic rings. The van der Waals surface area contributed by atoms with Gasteiger partial charge in [0.05, 0.1) is 0 Å². The summed E-state index contributed by atoms with van der Waals surface area (Å²) in [5, 5.41) is 3.76. The van der Waals surface area contributed by atoms with Crippen molar-refractivity contribution in [2.24, 2.45) is 17.8 Å². The van der Waals surface area contributed by atoms with E-state index in [-0.39, 0.29) is 0 Å². The van der Waals surface area contributed by atoms with Crippen LogP contribution < -0.4 is 5.32 Å². The first-order chi connectivity index (χ1) is 9.25. The molecule has 0 heterocycles. The van der Waals surface area contributed by atoms with Gasteiger partial charge in [-0.05, 0) is 50.0 Å². The van der Waals surface area contributed by atoms with Crippen LogP contribution in [-0.2, 0) is 4.74 Å². The Kier molecular flexibility index (Phi) is 6.66. The van der Waals surface area contributed by atoms with Crippen molar-refractivity contribution in [3.8, 4) is 0 Å². The second-order valence-electron chi connectivity index (χ2n) is 7.09. The first-order valence-electron chi connectivity index (χ1n) is 8.57. The highest BCUT2D eigenvalue weighted by Crippen LogP contribution is 2.40. The van der Waals surface area contributed by atoms with E-state index < -0.39 is 0 Å². The molecule has 3 atom stereocenters. The average Bonchev–Trinajstić information content (AvgIpc) is 2.42. The Morgan fingerprint density at radius 2 is 1.84 bits per heavy atom. The van der Waals surface area contributed by atoms with Gasteiger partial charge in [-0.15, -0.1) is 0 Å². The van der Waals surface area contributed by atoms with Gasteiger partial charge in [-0.3, -0.25) is 0 Å². The third kappa shape index (κ3) is 5.43. The molecule has 1 N–H and O–H groups in total. The van der Waals surface area contributed by atoms with Crippen LogP contribution in [-0.4, -0.2) is 25.8 Å². The molecule has 19 heavy (non-hydrogen) atoms. The molecule has 2 nitrogen and oxygen atoms in total. The first kappa shape index (κ1) is 15.3. The van der Waals surface area contributed by atoms with Gasteiger partial charge in [0, 0.05) is 19.3 Å². The van der Waals surface area contributed by atoms with Gasteiger partial charge in [-0.25, -0.2) is 0 Å². The van der Waals surface area contributed by atoms with Crippen LogP contribution in [0.15, 0.2) is 0 Å². The minimum Gasteiger partial charge on any atom is -0.381 e. The van der Waals surface area contributed by atoms with E-state index in [1.165, 1.54) is 44.9 Å². The fraction of sp³-hybridized carbons (Fsp3) is 1.00. The lowest BCUT2D eigenvalue weighted by molar-refractivity contribution is 0.104. The van der Waals surface area contributed by atoms with Crippen molar-refractivity contribution in [1.82, 2.24) is 5.32 Å². The molecule has 3 unspecified atom stereocenters. The monoisotopic (exact) mass is 267 g/mol. The Morgan fingerprint density at radius 3 is 2.63 bits per heavy atom. The molecule has 0 radical (unpaired) electrons. The maximum atomic E-state index is 5.63. The average molecular weight is 267 g/mol. The van der Waals surface area contributed by atoms with E-state index in [0.29, 0.717) is 5.92 Å². The molecule has 2 fully saturated rings. The van der Waals surface area contributed by atoms with Crippen molar-refractivity contribution in [1.29, 1.82) is 0 Å². The van der Waals surface area contributed by atoms with Crippen molar-refractivity contribution < 1.29 is 4.74 Å². The van der Waals surface area contributed by atoms with E-state index in [2.05, 4.69) is 19.2 Å². The Morgan fingerprint density at radius 1 is 1.05 bits per heavy atom. The minimum atomic E-state index is 0.662. The predicted octanol–water partition coefficient (Wildman–Crippen LogP) is 4.00. The smallest absolute Gasteiger partial charge is 0.0489 e. The second kappa shape index (κ2) is 8.26. The number of fused-ring (bicyclic) bond motifs is 1. The molecular formula is C17H33NO. The zero-order valence-corrected chi connectivity index (χ0v) is 13.0. The normalized spacial score (nSPS) is 31.4. The third-order valence-corrected chi connectivity index (χ3v) is 4.89. The van der Waals surface area contributed by atoms with Crippen LogP contribution in [0.1, 0.15) is 65.2 Å². The molecule has 0 spiro atoms. The van der Waals surface area contributed by atoms with Crippen LogP contribution in [0.5, 0.6) is 0 Å². The molecule has 0 aromatic rings. The summed E-state index contributed by atoms with van der Waals surface area (Å²) in [6, 6.07) is 0.796. The fourth-order valence-electron chi connectivity index (χ4n) is 3.86. The summed E-state index contributed by atoms with van der Waals surface area (Å²) in [5.41, 5.74) is 0. The van der Waals surface area contributed by atoms with Gasteiger partial charge in [0.2, 0.25) is 0 Å². The van der Waals surface area contributed by atoms with E-state index in [9.17, 15) is 0 Å². The molecule has 0 saturated heterocycles. The molecule has 2 heteroatoms. The second-order valence-corrected chi connectivity index (χ2v) is 7.09. The molecule has 0 aromatic heterocycles. The summed E-state index contributed by atoms with van der Waals surface area (Å²) in [7, 11) is 0. The van der Waals surface area contributed by atoms with Crippen LogP contribution in [0.25, 0.3) is 0 Å². The predicted molar refractivity (Wildman–Crippen MR) is 81.4 cm³/mol. The van der Waals surface area contributed by atoms with Crippen molar-refractivity contribution in [2.75, 3.05) is 19.8 Å². The molecule has 112 valence electrons. The summed E-state index contributed by atoms with van der Waals surface area (Å²) in [4.78, 5) is 0. The lowest BCUT2D eigenvalue weighted by Gasteiger charge is -2.39. The maximum Gasteiger partial charge on any atom is 0.0489 e. The molecule has 0 amide bonds. The molecule has 0 aromatic carbocycles. The zero-order valence-electron chi connectivity index (χ0n) is 13.0. The lowest BCUT2D eigenvalue weighted by Crippen LogP contribution is -2.39. The Bertz CT molecular complexity index is 241. The van der Waals surface area contributed by atoms with Gasteiger partial charge in [0.15, 0.2) is 0 Å². The van der Waals surface area contributed by atoms with E-state index in [0.717, 1.165) is 44.1 Å². The summed E-state index contributed by atoms with van der Waals surface area (Å²) >= 11 is 0. The van der Waals surface area contributed by atoms with E-state index in [1.807, 2.05) is 0 Å². The fourth-order valence-corrected chi connectivity index (χ4v) is 3.86. The first-order valence-corrected chi connectivity index (χ1v) is 8.57. The van der Waals surface area contributed by atoms with Crippen LogP contribution >= 0.6 is 0 Å². The SMILES string of the molecule is CC(C)COCCCNC1CCC2CCCCC2C1. The summed E-state index contributed by atoms with van der Waals surface area (Å²) in [6.45, 7) is 7.39. The molecule has 0 aliphatic heterocycles. The van der Waals surface area contributed by atoms with Crippen LogP contribution in [0.4, 0.5) is 0 Å². The van der Waals surface area contributed by atoms with Crippen LogP contribution in [0.2, 0.25) is 0 Å². The van der Waals surface area contributed by atoms with Crippen molar-refractivity contribution in [3.05, 3.63) is 0 Å². The summed E-state index contributed by atoms with van der Waals surface area (Å²) in [5.74, 6) is 2.77. The highest BCUT2D eigenvalue weighted by atomic mass is 16.5. The number of ether oxygens (including phenoxy) is 1. The maximum absolute atomic E-state index is 5.63. The molecule has 2 aliphatic carbocycles.